The van der Waals surface area contributed by atoms with Crippen LogP contribution in [-0.4, -0.2) is 24.0 Å². The molecule has 1 aromatic heterocycles. The number of hydrogen-bond donors (Lipinski definition) is 2. The zero-order valence-corrected chi connectivity index (χ0v) is 15.6. The minimum atomic E-state index is -0.0955. The predicted molar refractivity (Wildman–Crippen MR) is 106 cm³/mol. The molecule has 4 heteroatoms. The monoisotopic (exact) mass is 350 g/mol. The highest BCUT2D eigenvalue weighted by Gasteiger charge is 2.13. The van der Waals surface area contributed by atoms with Crippen LogP contribution in [0, 0.1) is 12.8 Å². The number of H-pyrrole nitrogens is 1. The Morgan fingerprint density at radius 3 is 2.65 bits per heavy atom. The van der Waals surface area contributed by atoms with E-state index >= 15 is 0 Å². The van der Waals surface area contributed by atoms with Gasteiger partial charge in [-0.2, -0.15) is 0 Å². The van der Waals surface area contributed by atoms with Crippen molar-refractivity contribution in [3.05, 3.63) is 65.4 Å². The van der Waals surface area contributed by atoms with E-state index in [-0.39, 0.29) is 5.91 Å². The summed E-state index contributed by atoms with van der Waals surface area (Å²) in [5.41, 5.74) is 4.13. The molecule has 1 amide bonds. The summed E-state index contributed by atoms with van der Waals surface area (Å²) in [6.07, 6.45) is 0.788. The van der Waals surface area contributed by atoms with Crippen LogP contribution in [0.3, 0.4) is 0 Å². The number of fused-ring (bicyclic) bond motifs is 1. The maximum atomic E-state index is 12.6. The Kier molecular flexibility index (Phi) is 5.61. The summed E-state index contributed by atoms with van der Waals surface area (Å²) in [5, 5.41) is 4.25. The van der Waals surface area contributed by atoms with Crippen molar-refractivity contribution < 1.29 is 9.53 Å². The number of para-hydroxylation sites is 2. The van der Waals surface area contributed by atoms with Crippen molar-refractivity contribution >= 4 is 16.8 Å². The van der Waals surface area contributed by atoms with Crippen molar-refractivity contribution in [2.24, 2.45) is 5.92 Å². The number of carbonyl (C=O) groups is 1. The van der Waals surface area contributed by atoms with Crippen LogP contribution in [0.1, 0.15) is 35.5 Å². The van der Waals surface area contributed by atoms with Gasteiger partial charge in [0, 0.05) is 23.1 Å². The first-order valence-corrected chi connectivity index (χ1v) is 9.12. The summed E-state index contributed by atoms with van der Waals surface area (Å²) in [5.74, 6) is 0.958. The third kappa shape index (κ3) is 4.07. The van der Waals surface area contributed by atoms with Gasteiger partial charge in [0.2, 0.25) is 0 Å². The average molecular weight is 350 g/mol. The van der Waals surface area contributed by atoms with Crippen molar-refractivity contribution in [1.82, 2.24) is 10.3 Å². The highest BCUT2D eigenvalue weighted by molar-refractivity contribution is 5.97. The second-order valence-electron chi connectivity index (χ2n) is 6.98. The highest BCUT2D eigenvalue weighted by Crippen LogP contribution is 2.22. The summed E-state index contributed by atoms with van der Waals surface area (Å²) < 4.78 is 5.78. The van der Waals surface area contributed by atoms with Crippen LogP contribution in [0.15, 0.2) is 48.5 Å². The van der Waals surface area contributed by atoms with Crippen LogP contribution in [0.4, 0.5) is 0 Å². The van der Waals surface area contributed by atoms with Crippen LogP contribution < -0.4 is 10.1 Å². The van der Waals surface area contributed by atoms with Gasteiger partial charge in [-0.15, -0.1) is 0 Å². The summed E-state index contributed by atoms with van der Waals surface area (Å²) >= 11 is 0. The summed E-state index contributed by atoms with van der Waals surface area (Å²) in [4.78, 5) is 16.0. The molecule has 0 aliphatic carbocycles. The lowest BCUT2D eigenvalue weighted by molar-refractivity contribution is 0.0949. The van der Waals surface area contributed by atoms with E-state index in [1.54, 1.807) is 0 Å². The zero-order valence-electron chi connectivity index (χ0n) is 15.6. The van der Waals surface area contributed by atoms with Gasteiger partial charge in [-0.05, 0) is 43.0 Å². The Balaban J connectivity index is 1.65. The van der Waals surface area contributed by atoms with Gasteiger partial charge in [0.25, 0.3) is 5.91 Å². The summed E-state index contributed by atoms with van der Waals surface area (Å²) in [6, 6.07) is 15.7. The van der Waals surface area contributed by atoms with Crippen LogP contribution in [0.25, 0.3) is 10.9 Å². The lowest BCUT2D eigenvalue weighted by Gasteiger charge is -2.13. The van der Waals surface area contributed by atoms with E-state index in [1.165, 1.54) is 10.9 Å². The van der Waals surface area contributed by atoms with Gasteiger partial charge in [-0.3, -0.25) is 4.79 Å². The molecule has 2 N–H and O–H groups in total. The first-order valence-electron chi connectivity index (χ1n) is 9.12. The number of aromatic amines is 1. The molecule has 0 bridgehead atoms. The first-order chi connectivity index (χ1) is 12.6. The number of amides is 1. The van der Waals surface area contributed by atoms with E-state index in [0.717, 1.165) is 17.6 Å². The fraction of sp³-hybridized carbons (Fsp3) is 0.318. The number of benzene rings is 2. The molecule has 0 saturated carbocycles. The largest absolute Gasteiger partial charge is 0.492 e. The predicted octanol–water partition coefficient (Wildman–Crippen LogP) is 4.48. The van der Waals surface area contributed by atoms with Crippen LogP contribution in [0.5, 0.6) is 5.75 Å². The molecule has 0 radical (unpaired) electrons. The number of carbonyl (C=O) groups excluding carboxylic acids is 1. The van der Waals surface area contributed by atoms with Crippen molar-refractivity contribution in [1.29, 1.82) is 0 Å². The second kappa shape index (κ2) is 8.09. The van der Waals surface area contributed by atoms with Gasteiger partial charge < -0.3 is 15.0 Å². The minimum absolute atomic E-state index is 0.0955. The van der Waals surface area contributed by atoms with Gasteiger partial charge in [0.15, 0.2) is 0 Å². The Labute approximate surface area is 154 Å². The van der Waals surface area contributed by atoms with Crippen LogP contribution in [0.2, 0.25) is 0 Å². The number of aryl methyl sites for hydroxylation is 1. The van der Waals surface area contributed by atoms with Crippen molar-refractivity contribution in [2.45, 2.75) is 27.2 Å². The molecule has 0 atom stereocenters. The van der Waals surface area contributed by atoms with Gasteiger partial charge >= 0.3 is 0 Å². The molecule has 2 aromatic carbocycles. The van der Waals surface area contributed by atoms with Crippen LogP contribution in [-0.2, 0) is 6.42 Å². The summed E-state index contributed by atoms with van der Waals surface area (Å²) in [7, 11) is 0. The maximum Gasteiger partial charge on any atom is 0.255 e. The molecule has 0 unspecified atom stereocenters. The molecule has 0 fully saturated rings. The number of nitrogens with one attached hydrogen (secondary N) is 2. The molecule has 0 saturated heterocycles. The molecule has 0 aliphatic heterocycles. The lowest BCUT2D eigenvalue weighted by Crippen LogP contribution is -2.26. The number of aromatic nitrogens is 1. The third-order valence-corrected chi connectivity index (χ3v) is 4.39. The van der Waals surface area contributed by atoms with Crippen LogP contribution >= 0.6 is 0 Å². The normalized spacial score (nSPS) is 11.1. The van der Waals surface area contributed by atoms with Crippen molar-refractivity contribution in [2.75, 3.05) is 13.2 Å². The fourth-order valence-electron chi connectivity index (χ4n) is 3.09. The van der Waals surface area contributed by atoms with E-state index in [4.69, 9.17) is 4.74 Å². The molecule has 3 aromatic rings. The standard InChI is InChI=1S/C22H26N2O2/c1-15(2)14-26-21-11-7-5-9-19(21)22(25)23-13-12-17-16(3)24-20-10-6-4-8-18(17)20/h4-11,15,24H,12-14H2,1-3H3,(H,23,25). The lowest BCUT2D eigenvalue weighted by atomic mass is 10.1. The second-order valence-corrected chi connectivity index (χ2v) is 6.98. The van der Waals surface area contributed by atoms with Crippen molar-refractivity contribution in [3.63, 3.8) is 0 Å². The SMILES string of the molecule is Cc1[nH]c2ccccc2c1CCNC(=O)c1ccccc1OCC(C)C. The van der Waals surface area contributed by atoms with Gasteiger partial charge in [0.05, 0.1) is 12.2 Å². The zero-order chi connectivity index (χ0) is 18.5. The van der Waals surface area contributed by atoms with E-state index in [9.17, 15) is 4.79 Å². The molecule has 0 aliphatic rings. The first kappa shape index (κ1) is 18.1. The number of rotatable bonds is 7. The average Bonchev–Trinajstić information content (AvgIpc) is 2.95. The fourth-order valence-corrected chi connectivity index (χ4v) is 3.09. The highest BCUT2D eigenvalue weighted by atomic mass is 16.5. The van der Waals surface area contributed by atoms with E-state index in [0.29, 0.717) is 30.4 Å². The van der Waals surface area contributed by atoms with Gasteiger partial charge in [-0.1, -0.05) is 44.2 Å². The Morgan fingerprint density at radius 1 is 1.12 bits per heavy atom. The Morgan fingerprint density at radius 2 is 1.85 bits per heavy atom. The van der Waals surface area contributed by atoms with E-state index in [1.807, 2.05) is 36.4 Å². The molecule has 1 heterocycles. The molecule has 26 heavy (non-hydrogen) atoms. The molecule has 4 nitrogen and oxygen atoms in total. The molecular weight excluding hydrogens is 324 g/mol. The van der Waals surface area contributed by atoms with Crippen molar-refractivity contribution in [3.8, 4) is 5.75 Å². The smallest absolute Gasteiger partial charge is 0.255 e. The van der Waals surface area contributed by atoms with Gasteiger partial charge in [0.1, 0.15) is 5.75 Å². The molecule has 3 rings (SSSR count). The molecule has 136 valence electrons. The Hall–Kier alpha value is -2.75. The Bertz CT molecular complexity index is 896. The summed E-state index contributed by atoms with van der Waals surface area (Å²) in [6.45, 7) is 7.43. The minimum Gasteiger partial charge on any atom is -0.492 e. The molecular formula is C22H26N2O2. The molecule has 0 spiro atoms. The third-order valence-electron chi connectivity index (χ3n) is 4.39. The maximum absolute atomic E-state index is 12.6. The van der Waals surface area contributed by atoms with E-state index in [2.05, 4.69) is 43.2 Å². The topological polar surface area (TPSA) is 54.1 Å². The number of hydrogen-bond acceptors (Lipinski definition) is 2. The quantitative estimate of drug-likeness (QED) is 0.660. The van der Waals surface area contributed by atoms with E-state index < -0.39 is 0 Å². The van der Waals surface area contributed by atoms with Gasteiger partial charge in [-0.25, -0.2) is 0 Å². The number of ether oxygens (including phenoxy) is 1.